The van der Waals surface area contributed by atoms with Gasteiger partial charge in [-0.25, -0.2) is 4.79 Å². The Morgan fingerprint density at radius 1 is 1.23 bits per heavy atom. The van der Waals surface area contributed by atoms with E-state index in [1.807, 2.05) is 6.92 Å². The van der Waals surface area contributed by atoms with Gasteiger partial charge in [-0.3, -0.25) is 25.6 Å². The molecule has 4 saturated heterocycles. The first kappa shape index (κ1) is 17.9. The van der Waals surface area contributed by atoms with Crippen LogP contribution in [-0.4, -0.2) is 67.0 Å². The molecule has 0 aliphatic carbocycles. The Kier molecular flexibility index (Phi) is 5.02. The van der Waals surface area contributed by atoms with E-state index >= 15 is 0 Å². The lowest BCUT2D eigenvalue weighted by atomic mass is 9.93. The number of fused-ring (bicyclic) bond motifs is 3. The second-order valence-electron chi connectivity index (χ2n) is 7.48. The van der Waals surface area contributed by atoms with Crippen LogP contribution in [0.2, 0.25) is 0 Å². The van der Waals surface area contributed by atoms with Gasteiger partial charge in [0, 0.05) is 13.3 Å². The molecule has 4 aliphatic rings. The highest BCUT2D eigenvalue weighted by atomic mass is 16.5. The predicted octanol–water partition coefficient (Wildman–Crippen LogP) is -1.46. The van der Waals surface area contributed by atoms with Crippen molar-refractivity contribution in [2.24, 2.45) is 11.7 Å². The third-order valence-electron chi connectivity index (χ3n) is 5.72. The fraction of sp³-hybridized carbons (Fsp3) is 0.875. The molecule has 10 heteroatoms. The molecule has 6 unspecified atom stereocenters. The zero-order valence-corrected chi connectivity index (χ0v) is 14.9. The normalized spacial score (nSPS) is 43.7. The maximum absolute atomic E-state index is 12.7. The monoisotopic (exact) mass is 368 g/mol. The van der Waals surface area contributed by atoms with Crippen LogP contribution in [0.3, 0.4) is 0 Å². The largest absolute Gasteiger partial charge is 0.369 e. The zero-order valence-electron chi connectivity index (χ0n) is 14.9. The maximum Gasteiger partial charge on any atom is 0.320 e. The van der Waals surface area contributed by atoms with Crippen molar-refractivity contribution in [3.63, 3.8) is 0 Å². The summed E-state index contributed by atoms with van der Waals surface area (Å²) in [5, 5.41) is 12.9. The van der Waals surface area contributed by atoms with E-state index in [4.69, 9.17) is 15.2 Å². The Morgan fingerprint density at radius 2 is 2.08 bits per heavy atom. The van der Waals surface area contributed by atoms with Crippen molar-refractivity contribution in [3.05, 3.63) is 0 Å². The number of piperidine rings is 1. The molecule has 0 aromatic rings. The summed E-state index contributed by atoms with van der Waals surface area (Å²) in [6.07, 6.45) is 1.69. The van der Waals surface area contributed by atoms with Crippen LogP contribution in [0.5, 0.6) is 0 Å². The molecule has 0 aromatic heterocycles. The molecule has 0 radical (unpaired) electrons. The number of primary amides is 1. The van der Waals surface area contributed by atoms with Crippen LogP contribution in [0.25, 0.3) is 0 Å². The molecular formula is C16H28N6O4. The van der Waals surface area contributed by atoms with Crippen LogP contribution in [-0.2, 0) is 14.3 Å². The van der Waals surface area contributed by atoms with Gasteiger partial charge in [0.15, 0.2) is 0 Å². The Balaban J connectivity index is 1.61. The van der Waals surface area contributed by atoms with Gasteiger partial charge in [-0.2, -0.15) is 0 Å². The van der Waals surface area contributed by atoms with Crippen LogP contribution >= 0.6 is 0 Å². The van der Waals surface area contributed by atoms with Crippen molar-refractivity contribution < 1.29 is 19.1 Å². The van der Waals surface area contributed by atoms with Gasteiger partial charge in [0.25, 0.3) is 0 Å². The van der Waals surface area contributed by atoms with E-state index in [-0.39, 0.29) is 42.6 Å². The molecule has 7 atom stereocenters. The van der Waals surface area contributed by atoms with Gasteiger partial charge in [0.05, 0.1) is 18.2 Å². The zero-order chi connectivity index (χ0) is 18.3. The number of carbonyl (C=O) groups is 2. The maximum atomic E-state index is 12.7. The smallest absolute Gasteiger partial charge is 0.320 e. The second kappa shape index (κ2) is 7.28. The van der Waals surface area contributed by atoms with E-state index in [0.717, 1.165) is 12.8 Å². The van der Waals surface area contributed by atoms with Gasteiger partial charge < -0.3 is 20.5 Å². The second-order valence-corrected chi connectivity index (χ2v) is 7.48. The highest BCUT2D eigenvalue weighted by Gasteiger charge is 2.51. The summed E-state index contributed by atoms with van der Waals surface area (Å²) in [7, 11) is 0. The fourth-order valence-corrected chi connectivity index (χ4v) is 4.40. The molecular weight excluding hydrogens is 340 g/mol. The molecule has 26 heavy (non-hydrogen) atoms. The molecule has 3 amide bonds. The van der Waals surface area contributed by atoms with Gasteiger partial charge in [-0.05, 0) is 32.6 Å². The van der Waals surface area contributed by atoms with E-state index in [0.29, 0.717) is 26.1 Å². The number of nitrogens with one attached hydrogen (secondary N) is 4. The summed E-state index contributed by atoms with van der Waals surface area (Å²) in [5.74, 6) is -0.765. The summed E-state index contributed by atoms with van der Waals surface area (Å²) < 4.78 is 12.1. The molecule has 4 rings (SSSR count). The molecule has 6 N–H and O–H groups in total. The fourth-order valence-electron chi connectivity index (χ4n) is 4.40. The van der Waals surface area contributed by atoms with E-state index in [1.54, 1.807) is 4.90 Å². The predicted molar refractivity (Wildman–Crippen MR) is 91.2 cm³/mol. The van der Waals surface area contributed by atoms with E-state index in [2.05, 4.69) is 21.3 Å². The molecule has 10 nitrogen and oxygen atoms in total. The third kappa shape index (κ3) is 3.27. The van der Waals surface area contributed by atoms with E-state index in [9.17, 15) is 9.59 Å². The lowest BCUT2D eigenvalue weighted by Crippen LogP contribution is -2.68. The van der Waals surface area contributed by atoms with Gasteiger partial charge in [-0.15, -0.1) is 0 Å². The topological polar surface area (TPSA) is 130 Å². The Hall–Kier alpha value is -1.46. The first-order valence-electron chi connectivity index (χ1n) is 9.42. The number of hydrogen-bond acceptors (Lipinski definition) is 7. The van der Waals surface area contributed by atoms with Crippen LogP contribution in [0, 0.1) is 5.92 Å². The van der Waals surface area contributed by atoms with E-state index in [1.165, 1.54) is 0 Å². The lowest BCUT2D eigenvalue weighted by molar-refractivity contribution is -0.142. The Labute approximate surface area is 152 Å². The van der Waals surface area contributed by atoms with Crippen molar-refractivity contribution in [3.8, 4) is 0 Å². The molecule has 0 aromatic carbocycles. The summed E-state index contributed by atoms with van der Waals surface area (Å²) in [5.41, 5.74) is 5.58. The van der Waals surface area contributed by atoms with Crippen molar-refractivity contribution >= 4 is 11.9 Å². The summed E-state index contributed by atoms with van der Waals surface area (Å²) in [6.45, 7) is 3.14. The molecule has 0 saturated carbocycles. The molecule has 4 aliphatic heterocycles. The van der Waals surface area contributed by atoms with Gasteiger partial charge in [-0.1, -0.05) is 0 Å². The highest BCUT2D eigenvalue weighted by molar-refractivity contribution is 5.79. The summed E-state index contributed by atoms with van der Waals surface area (Å²) in [4.78, 5) is 26.3. The number of rotatable bonds is 1. The molecule has 4 fully saturated rings. The number of nitrogens with zero attached hydrogens (tertiary/aromatic N) is 1. The molecule has 2 bridgehead atoms. The molecule has 4 heterocycles. The average molecular weight is 368 g/mol. The minimum Gasteiger partial charge on any atom is -0.369 e. The van der Waals surface area contributed by atoms with Gasteiger partial charge >= 0.3 is 6.03 Å². The number of ether oxygens (including phenoxy) is 2. The van der Waals surface area contributed by atoms with Crippen molar-refractivity contribution in [1.82, 2.24) is 26.2 Å². The quantitative estimate of drug-likeness (QED) is 0.382. The average Bonchev–Trinajstić information content (AvgIpc) is 2.94. The Bertz CT molecular complexity index is 563. The van der Waals surface area contributed by atoms with Crippen LogP contribution < -0.4 is 27.0 Å². The van der Waals surface area contributed by atoms with Crippen molar-refractivity contribution in [1.29, 1.82) is 0 Å². The van der Waals surface area contributed by atoms with Crippen molar-refractivity contribution in [2.75, 3.05) is 13.3 Å². The standard InChI is InChI=1S/C16H28N6O4/c1-8-3-2-6-25-15-11-13(18-7-19-15)21-16(24)22(11)10-5-4-9(12(17)23)14(20-10)26-8/h8-11,13-15,18-20H,2-7H2,1H3,(H2,17,23)(H,21,24)/t8-,9?,10?,11?,13?,14?,15?/m0/s1. The van der Waals surface area contributed by atoms with E-state index < -0.39 is 12.1 Å². The number of amides is 3. The molecule has 146 valence electrons. The SMILES string of the molecule is C[C@H]1CCCOC2NCNC3NC(=O)N(C4CCC(C(N)=O)C(N4)O1)C32. The molecule has 0 spiro atoms. The van der Waals surface area contributed by atoms with Crippen LogP contribution in [0.1, 0.15) is 32.6 Å². The first-order chi connectivity index (χ1) is 12.5. The minimum atomic E-state index is -0.489. The summed E-state index contributed by atoms with van der Waals surface area (Å²) >= 11 is 0. The number of carbonyl (C=O) groups excluding carboxylic acids is 2. The summed E-state index contributed by atoms with van der Waals surface area (Å²) in [6, 6.07) is -0.333. The third-order valence-corrected chi connectivity index (χ3v) is 5.72. The first-order valence-corrected chi connectivity index (χ1v) is 9.42. The number of nitrogens with two attached hydrogens (primary N) is 1. The number of hydrogen-bond donors (Lipinski definition) is 5. The van der Waals surface area contributed by atoms with Crippen LogP contribution in [0.15, 0.2) is 0 Å². The Morgan fingerprint density at radius 3 is 2.88 bits per heavy atom. The lowest BCUT2D eigenvalue weighted by Gasteiger charge is -2.45. The minimum absolute atomic E-state index is 0.0342. The van der Waals surface area contributed by atoms with Gasteiger partial charge in [0.2, 0.25) is 5.91 Å². The number of urea groups is 1. The van der Waals surface area contributed by atoms with Crippen LogP contribution in [0.4, 0.5) is 4.79 Å². The van der Waals surface area contributed by atoms with Gasteiger partial charge in [0.1, 0.15) is 24.7 Å². The van der Waals surface area contributed by atoms with Crippen molar-refractivity contribution in [2.45, 2.75) is 69.5 Å². The highest BCUT2D eigenvalue weighted by Crippen LogP contribution is 2.30.